The van der Waals surface area contributed by atoms with Crippen molar-refractivity contribution < 1.29 is 9.90 Å². The van der Waals surface area contributed by atoms with Crippen LogP contribution in [0.25, 0.3) is 0 Å². The lowest BCUT2D eigenvalue weighted by Gasteiger charge is -2.29. The summed E-state index contributed by atoms with van der Waals surface area (Å²) >= 11 is 5.89. The Morgan fingerprint density at radius 2 is 2.05 bits per heavy atom. The van der Waals surface area contributed by atoms with E-state index in [1.807, 2.05) is 0 Å². The number of fused-ring (bicyclic) bond motifs is 1. The van der Waals surface area contributed by atoms with E-state index in [2.05, 4.69) is 14.9 Å². The van der Waals surface area contributed by atoms with Crippen LogP contribution in [0.3, 0.4) is 0 Å². The number of nitrogens with zero attached hydrogens (tertiary/aromatic N) is 3. The first-order valence-electron chi connectivity index (χ1n) is 6.77. The molecule has 1 saturated heterocycles. The molecular formula is C14H16ClN3O2. The second-order valence-corrected chi connectivity index (χ2v) is 5.71. The van der Waals surface area contributed by atoms with Crippen LogP contribution in [-0.2, 0) is 4.79 Å². The van der Waals surface area contributed by atoms with Crippen LogP contribution in [0.5, 0.6) is 0 Å². The van der Waals surface area contributed by atoms with Crippen molar-refractivity contribution in [2.75, 3.05) is 19.6 Å². The number of hydrogen-bond acceptors (Lipinski definition) is 4. The summed E-state index contributed by atoms with van der Waals surface area (Å²) in [6, 6.07) is 0. The molecule has 106 valence electrons. The molecule has 0 saturated carbocycles. The number of carbonyl (C=O) groups is 1. The number of amidine groups is 1. The van der Waals surface area contributed by atoms with Gasteiger partial charge in [0.1, 0.15) is 11.8 Å². The molecule has 5 nitrogen and oxygen atoms in total. The minimum absolute atomic E-state index is 0.203. The first-order valence-corrected chi connectivity index (χ1v) is 7.15. The molecule has 1 unspecified atom stereocenters. The number of aliphatic imine (C=N–C) groups is 2. The maximum absolute atomic E-state index is 12.0. The van der Waals surface area contributed by atoms with Crippen molar-refractivity contribution in [2.45, 2.75) is 18.9 Å². The monoisotopic (exact) mass is 293 g/mol. The number of allylic oxidation sites excluding steroid dienone is 3. The molecule has 3 rings (SSSR count). The van der Waals surface area contributed by atoms with E-state index in [4.69, 9.17) is 11.6 Å². The highest BCUT2D eigenvalue weighted by molar-refractivity contribution is 6.33. The first-order chi connectivity index (χ1) is 9.61. The summed E-state index contributed by atoms with van der Waals surface area (Å²) in [5.74, 6) is -0.0855. The summed E-state index contributed by atoms with van der Waals surface area (Å²) in [5.41, 5.74) is 0.710. The number of aliphatic hydroxyl groups is 1. The summed E-state index contributed by atoms with van der Waals surface area (Å²) < 4.78 is 0. The third-order valence-corrected chi connectivity index (χ3v) is 4.00. The smallest absolute Gasteiger partial charge is 0.260 e. The van der Waals surface area contributed by atoms with Gasteiger partial charge in [-0.15, -0.1) is 0 Å². The van der Waals surface area contributed by atoms with Crippen molar-refractivity contribution in [1.82, 2.24) is 4.90 Å². The second-order valence-electron chi connectivity index (χ2n) is 5.27. The number of hydrogen-bond donors (Lipinski definition) is 1. The third kappa shape index (κ3) is 2.90. The van der Waals surface area contributed by atoms with E-state index in [-0.39, 0.29) is 12.0 Å². The van der Waals surface area contributed by atoms with Gasteiger partial charge < -0.3 is 5.11 Å². The molecule has 0 bridgehead atoms. The van der Waals surface area contributed by atoms with E-state index in [0.717, 1.165) is 25.9 Å². The van der Waals surface area contributed by atoms with E-state index in [0.29, 0.717) is 23.1 Å². The maximum Gasteiger partial charge on any atom is 0.260 e. The molecule has 1 atom stereocenters. The van der Waals surface area contributed by atoms with Gasteiger partial charge in [0.25, 0.3) is 5.91 Å². The molecule has 6 heteroatoms. The van der Waals surface area contributed by atoms with Crippen LogP contribution < -0.4 is 0 Å². The highest BCUT2D eigenvalue weighted by atomic mass is 35.5. The van der Waals surface area contributed by atoms with Gasteiger partial charge in [-0.25, -0.2) is 4.99 Å². The van der Waals surface area contributed by atoms with Crippen molar-refractivity contribution in [3.8, 4) is 0 Å². The molecule has 0 aromatic rings. The van der Waals surface area contributed by atoms with Gasteiger partial charge in [0.05, 0.1) is 18.4 Å². The average Bonchev–Trinajstić information content (AvgIpc) is 2.42. The fourth-order valence-electron chi connectivity index (χ4n) is 2.59. The second kappa shape index (κ2) is 5.60. The minimum Gasteiger partial charge on any atom is -0.393 e. The van der Waals surface area contributed by atoms with Crippen LogP contribution in [0.2, 0.25) is 0 Å². The van der Waals surface area contributed by atoms with Crippen molar-refractivity contribution in [3.63, 3.8) is 0 Å². The van der Waals surface area contributed by atoms with Crippen LogP contribution in [0, 0.1) is 5.92 Å². The van der Waals surface area contributed by atoms with E-state index in [9.17, 15) is 9.90 Å². The molecule has 2 heterocycles. The molecule has 1 aliphatic carbocycles. The number of rotatable bonds is 2. The summed E-state index contributed by atoms with van der Waals surface area (Å²) in [6.45, 7) is 2.18. The summed E-state index contributed by atoms with van der Waals surface area (Å²) in [5, 5.41) is 10.0. The number of piperidine rings is 1. The number of halogens is 1. The van der Waals surface area contributed by atoms with Crippen molar-refractivity contribution >= 4 is 29.1 Å². The molecule has 0 radical (unpaired) electrons. The Hall–Kier alpha value is -1.30. The Kier molecular flexibility index (Phi) is 3.83. The summed E-state index contributed by atoms with van der Waals surface area (Å²) in [4.78, 5) is 22.7. The number of aliphatic hydroxyl groups excluding tert-OH is 1. The van der Waals surface area contributed by atoms with Gasteiger partial charge in [-0.2, -0.15) is 4.99 Å². The highest BCUT2D eigenvalue weighted by Gasteiger charge is 2.28. The van der Waals surface area contributed by atoms with E-state index >= 15 is 0 Å². The average molecular weight is 294 g/mol. The van der Waals surface area contributed by atoms with Crippen LogP contribution in [0.1, 0.15) is 12.8 Å². The van der Waals surface area contributed by atoms with Gasteiger partial charge in [-0.05, 0) is 31.1 Å². The molecule has 1 N–H and O–H groups in total. The molecule has 20 heavy (non-hydrogen) atoms. The largest absolute Gasteiger partial charge is 0.393 e. The Balaban J connectivity index is 1.70. The predicted molar refractivity (Wildman–Crippen MR) is 78.1 cm³/mol. The lowest BCUT2D eigenvalue weighted by molar-refractivity contribution is -0.118. The Bertz CT molecular complexity index is 543. The Morgan fingerprint density at radius 3 is 2.80 bits per heavy atom. The third-order valence-electron chi connectivity index (χ3n) is 3.74. The maximum atomic E-state index is 12.0. The lowest BCUT2D eigenvalue weighted by Crippen LogP contribution is -2.40. The van der Waals surface area contributed by atoms with Gasteiger partial charge in [-0.3, -0.25) is 9.69 Å². The van der Waals surface area contributed by atoms with Gasteiger partial charge in [0.2, 0.25) is 0 Å². The number of amides is 1. The van der Waals surface area contributed by atoms with Gasteiger partial charge in [0, 0.05) is 18.1 Å². The summed E-state index contributed by atoms with van der Waals surface area (Å²) in [7, 11) is 0. The van der Waals surface area contributed by atoms with Gasteiger partial charge >= 0.3 is 0 Å². The topological polar surface area (TPSA) is 65.3 Å². The SMILES string of the molecule is O=C1N=C(CN2CCC(O)CC2)N=C2C=CC(Cl)=CC12. The van der Waals surface area contributed by atoms with Crippen molar-refractivity contribution in [2.24, 2.45) is 15.9 Å². The van der Waals surface area contributed by atoms with Crippen molar-refractivity contribution in [3.05, 3.63) is 23.3 Å². The standard InChI is InChI=1S/C14H16ClN3O2/c15-9-1-2-12-11(7-9)14(20)17-13(16-12)8-18-5-3-10(19)4-6-18/h1-2,7,10-11,19H,3-6,8H2. The molecule has 3 aliphatic rings. The summed E-state index contributed by atoms with van der Waals surface area (Å²) in [6.07, 6.45) is 6.52. The highest BCUT2D eigenvalue weighted by Crippen LogP contribution is 2.22. The fraction of sp³-hybridized carbons (Fsp3) is 0.500. The van der Waals surface area contributed by atoms with Crippen molar-refractivity contribution in [1.29, 1.82) is 0 Å². The Labute approximate surface area is 122 Å². The van der Waals surface area contributed by atoms with Gasteiger partial charge in [0.15, 0.2) is 0 Å². The lowest BCUT2D eigenvalue weighted by atomic mass is 9.96. The predicted octanol–water partition coefficient (Wildman–Crippen LogP) is 1.13. The zero-order valence-electron chi connectivity index (χ0n) is 11.0. The van der Waals surface area contributed by atoms with E-state index < -0.39 is 5.92 Å². The van der Waals surface area contributed by atoms with Crippen LogP contribution >= 0.6 is 11.6 Å². The first kappa shape index (κ1) is 13.7. The molecule has 1 fully saturated rings. The Morgan fingerprint density at radius 1 is 1.30 bits per heavy atom. The molecule has 0 spiro atoms. The quantitative estimate of drug-likeness (QED) is 0.830. The minimum atomic E-state index is -0.431. The molecule has 1 amide bonds. The van der Waals surface area contributed by atoms with E-state index in [1.165, 1.54) is 0 Å². The normalized spacial score (nSPS) is 27.8. The molecular weight excluding hydrogens is 278 g/mol. The molecule has 0 aromatic carbocycles. The number of carbonyl (C=O) groups excluding carboxylic acids is 1. The van der Waals surface area contributed by atoms with Gasteiger partial charge in [-0.1, -0.05) is 11.6 Å². The molecule has 2 aliphatic heterocycles. The zero-order valence-corrected chi connectivity index (χ0v) is 11.8. The van der Waals surface area contributed by atoms with E-state index in [1.54, 1.807) is 18.2 Å². The zero-order chi connectivity index (χ0) is 14.1. The number of likely N-dealkylation sites (tertiary alicyclic amines) is 1. The van der Waals surface area contributed by atoms with Crippen LogP contribution in [0.15, 0.2) is 33.2 Å². The van der Waals surface area contributed by atoms with Crippen LogP contribution in [-0.4, -0.2) is 53.2 Å². The molecule has 0 aromatic heterocycles. The van der Waals surface area contributed by atoms with Crippen LogP contribution in [0.4, 0.5) is 0 Å². The fourth-order valence-corrected chi connectivity index (χ4v) is 2.78.